The zero-order chi connectivity index (χ0) is 24.8. The van der Waals surface area contributed by atoms with E-state index < -0.39 is 54.6 Å². The molecule has 0 amide bonds. The van der Waals surface area contributed by atoms with Crippen molar-refractivity contribution in [2.75, 3.05) is 18.6 Å². The molecule has 6 atom stereocenters. The van der Waals surface area contributed by atoms with Gasteiger partial charge in [0.25, 0.3) is 0 Å². The van der Waals surface area contributed by atoms with Gasteiger partial charge in [-0.2, -0.15) is 8.62 Å². The quantitative estimate of drug-likeness (QED) is 0.112. The zero-order valence-corrected chi connectivity index (χ0v) is 19.8. The largest absolute Gasteiger partial charge is 0.490 e. The second-order valence-corrected chi connectivity index (χ2v) is 11.5. The number of phosphoric acid groups is 3. The Balaban J connectivity index is 1.73. The van der Waals surface area contributed by atoms with Crippen LogP contribution in [0.25, 0.3) is 11.2 Å². The molecule has 1 saturated heterocycles. The number of nitrogens with zero attached hydrogens (tertiary/aromatic N) is 4. The van der Waals surface area contributed by atoms with E-state index in [1.807, 2.05) is 0 Å². The Morgan fingerprint density at radius 3 is 2.39 bits per heavy atom. The van der Waals surface area contributed by atoms with Gasteiger partial charge in [-0.25, -0.2) is 28.6 Å². The first-order chi connectivity index (χ1) is 15.1. The second kappa shape index (κ2) is 9.56. The number of hydrogen-bond acceptors (Lipinski definition) is 14. The number of aliphatic hydroxyl groups is 2. The van der Waals surface area contributed by atoms with Gasteiger partial charge in [0.1, 0.15) is 23.8 Å². The summed E-state index contributed by atoms with van der Waals surface area (Å²) in [6.07, 6.45) is -3.14. The predicted octanol–water partition coefficient (Wildman–Crippen LogP) is -0.907. The molecule has 0 aliphatic carbocycles. The summed E-state index contributed by atoms with van der Waals surface area (Å²) in [5, 5.41) is 20.9. The van der Waals surface area contributed by atoms with Crippen molar-refractivity contribution < 1.29 is 61.4 Å². The third-order valence-electron chi connectivity index (χ3n) is 4.04. The lowest BCUT2D eigenvalue weighted by atomic mass is 10.1. The number of hydrogen-bond donors (Lipinski definition) is 7. The summed E-state index contributed by atoms with van der Waals surface area (Å²) in [4.78, 5) is 48.0. The SMILES string of the molecule is CSc1nc(N)c2ncn([C@@H]3O[C@H](COP(=O)(O)OP(=O)(O)OP(=O)(O)O)[C@@H](O)[C@H]3O)c2n1. The van der Waals surface area contributed by atoms with Crippen LogP contribution in [-0.4, -0.2) is 80.5 Å². The summed E-state index contributed by atoms with van der Waals surface area (Å²) < 4.78 is 52.2. The highest BCUT2D eigenvalue weighted by Crippen LogP contribution is 2.66. The molecule has 3 rings (SSSR count). The summed E-state index contributed by atoms with van der Waals surface area (Å²) in [7, 11) is -16.7. The number of nitrogen functional groups attached to an aromatic ring is 1. The molecular formula is C11H18N5O13P3S. The highest BCUT2D eigenvalue weighted by Gasteiger charge is 2.47. The number of aliphatic hydroxyl groups excluding tert-OH is 2. The fraction of sp³-hybridized carbons (Fsp3) is 0.545. The zero-order valence-electron chi connectivity index (χ0n) is 16.3. The van der Waals surface area contributed by atoms with Crippen molar-refractivity contribution in [1.29, 1.82) is 0 Å². The van der Waals surface area contributed by atoms with Crippen molar-refractivity contribution in [3.05, 3.63) is 6.33 Å². The molecule has 1 aliphatic rings. The van der Waals surface area contributed by atoms with Crippen LogP contribution >= 0.6 is 35.2 Å². The average Bonchev–Trinajstić information content (AvgIpc) is 3.19. The van der Waals surface area contributed by atoms with Crippen LogP contribution < -0.4 is 5.73 Å². The first-order valence-electron chi connectivity index (χ1n) is 8.46. The van der Waals surface area contributed by atoms with Gasteiger partial charge < -0.3 is 40.3 Å². The Bertz CT molecular complexity index is 1170. The molecule has 33 heavy (non-hydrogen) atoms. The van der Waals surface area contributed by atoms with E-state index >= 15 is 0 Å². The fourth-order valence-electron chi connectivity index (χ4n) is 2.76. The number of nitrogens with two attached hydrogens (primary N) is 1. The summed E-state index contributed by atoms with van der Waals surface area (Å²) in [5.41, 5.74) is 6.18. The molecule has 0 aromatic carbocycles. The molecule has 2 unspecified atom stereocenters. The maximum absolute atomic E-state index is 11.9. The number of ether oxygens (including phenoxy) is 1. The van der Waals surface area contributed by atoms with Gasteiger partial charge in [0, 0.05) is 0 Å². The number of anilines is 1. The van der Waals surface area contributed by atoms with Crippen LogP contribution in [0.1, 0.15) is 6.23 Å². The maximum Gasteiger partial charge on any atom is 0.490 e. The Hall–Kier alpha value is -1.01. The molecule has 0 saturated carbocycles. The van der Waals surface area contributed by atoms with E-state index in [9.17, 15) is 28.8 Å². The van der Waals surface area contributed by atoms with Crippen molar-refractivity contribution in [2.45, 2.75) is 29.7 Å². The second-order valence-electron chi connectivity index (χ2n) is 6.35. The molecular weight excluding hydrogens is 535 g/mol. The van der Waals surface area contributed by atoms with Gasteiger partial charge in [0.2, 0.25) is 0 Å². The lowest BCUT2D eigenvalue weighted by Crippen LogP contribution is -2.33. The molecule has 22 heteroatoms. The van der Waals surface area contributed by atoms with Crippen LogP contribution in [0.5, 0.6) is 0 Å². The van der Waals surface area contributed by atoms with E-state index in [-0.39, 0.29) is 17.0 Å². The van der Waals surface area contributed by atoms with Crippen LogP contribution in [0.4, 0.5) is 5.82 Å². The minimum absolute atomic E-state index is 0.0559. The standard InChI is InChI=1S/C11H18N5O13P3S/c1-33-11-14-8(12)5-9(15-11)16(3-13-5)10-7(18)6(17)4(27-10)2-26-31(22,23)29-32(24,25)28-30(19,20)21/h3-4,6-7,10,17-18H,2H2,1H3,(H,22,23)(H,24,25)(H2,12,14,15)(H2,19,20,21)/t4-,6-,7-,10-/m1/s1. The Morgan fingerprint density at radius 1 is 1.12 bits per heavy atom. The third-order valence-corrected chi connectivity index (χ3v) is 8.39. The van der Waals surface area contributed by atoms with Gasteiger partial charge >= 0.3 is 23.5 Å². The lowest BCUT2D eigenvalue weighted by Gasteiger charge is -2.19. The van der Waals surface area contributed by atoms with Crippen molar-refractivity contribution in [3.63, 3.8) is 0 Å². The van der Waals surface area contributed by atoms with Crippen molar-refractivity contribution in [3.8, 4) is 0 Å². The number of thioether (sulfide) groups is 1. The molecule has 1 aliphatic heterocycles. The van der Waals surface area contributed by atoms with Gasteiger partial charge in [-0.3, -0.25) is 9.09 Å². The van der Waals surface area contributed by atoms with Gasteiger partial charge in [0.15, 0.2) is 22.8 Å². The number of fused-ring (bicyclic) bond motifs is 1. The van der Waals surface area contributed by atoms with Gasteiger partial charge in [-0.05, 0) is 6.26 Å². The number of imidazole rings is 1. The topological polar surface area (TPSA) is 279 Å². The van der Waals surface area contributed by atoms with E-state index in [4.69, 9.17) is 25.2 Å². The minimum atomic E-state index is -5.71. The Morgan fingerprint density at radius 2 is 1.79 bits per heavy atom. The molecule has 0 spiro atoms. The monoisotopic (exact) mass is 553 g/mol. The summed E-state index contributed by atoms with van der Waals surface area (Å²) >= 11 is 1.18. The van der Waals surface area contributed by atoms with E-state index in [0.717, 1.165) is 0 Å². The van der Waals surface area contributed by atoms with Crippen LogP contribution in [0.2, 0.25) is 0 Å². The fourth-order valence-corrected chi connectivity index (χ4v) is 6.16. The highest BCUT2D eigenvalue weighted by atomic mass is 32.2. The van der Waals surface area contributed by atoms with Crippen LogP contribution in [0, 0.1) is 0 Å². The molecule has 0 radical (unpaired) electrons. The van der Waals surface area contributed by atoms with Crippen molar-refractivity contribution in [2.24, 2.45) is 0 Å². The lowest BCUT2D eigenvalue weighted by molar-refractivity contribution is -0.0503. The number of aromatic nitrogens is 4. The third kappa shape index (κ3) is 6.36. The molecule has 0 bridgehead atoms. The number of phosphoric ester groups is 1. The van der Waals surface area contributed by atoms with Gasteiger partial charge in [-0.15, -0.1) is 0 Å². The van der Waals surface area contributed by atoms with Crippen LogP contribution in [0.15, 0.2) is 11.5 Å². The van der Waals surface area contributed by atoms with Crippen LogP contribution in [-0.2, 0) is 31.6 Å². The summed E-state index contributed by atoms with van der Waals surface area (Å²) in [5.74, 6) is 0.0559. The maximum atomic E-state index is 11.9. The molecule has 8 N–H and O–H groups in total. The van der Waals surface area contributed by atoms with Crippen molar-refractivity contribution >= 4 is 52.2 Å². The normalized spacial score (nSPS) is 27.5. The first-order valence-corrected chi connectivity index (χ1v) is 14.2. The molecule has 2 aromatic rings. The molecule has 18 nitrogen and oxygen atoms in total. The molecule has 186 valence electrons. The molecule has 1 fully saturated rings. The van der Waals surface area contributed by atoms with Crippen LogP contribution in [0.3, 0.4) is 0 Å². The van der Waals surface area contributed by atoms with Gasteiger partial charge in [0.05, 0.1) is 12.9 Å². The minimum Gasteiger partial charge on any atom is -0.387 e. The summed E-state index contributed by atoms with van der Waals surface area (Å²) in [6, 6.07) is 0. The van der Waals surface area contributed by atoms with E-state index in [0.29, 0.717) is 5.16 Å². The highest BCUT2D eigenvalue weighted by molar-refractivity contribution is 7.98. The predicted molar refractivity (Wildman–Crippen MR) is 107 cm³/mol. The average molecular weight is 553 g/mol. The van der Waals surface area contributed by atoms with E-state index in [2.05, 4.69) is 28.1 Å². The van der Waals surface area contributed by atoms with Crippen molar-refractivity contribution in [1.82, 2.24) is 19.5 Å². The van der Waals surface area contributed by atoms with E-state index in [1.54, 1.807) is 6.26 Å². The molecule has 3 heterocycles. The van der Waals surface area contributed by atoms with E-state index in [1.165, 1.54) is 22.7 Å². The Labute approximate surface area is 188 Å². The smallest absolute Gasteiger partial charge is 0.387 e. The first kappa shape index (κ1) is 26.6. The van der Waals surface area contributed by atoms with Gasteiger partial charge in [-0.1, -0.05) is 11.8 Å². The number of rotatable bonds is 9. The molecule has 2 aromatic heterocycles. The summed E-state index contributed by atoms with van der Waals surface area (Å²) in [6.45, 7) is -0.960. The Kier molecular flexibility index (Phi) is 7.71.